The first-order chi connectivity index (χ1) is 11.6. The van der Waals surface area contributed by atoms with E-state index in [9.17, 15) is 9.59 Å². The molecule has 5 heteroatoms. The average Bonchev–Trinajstić information content (AvgIpc) is 3.15. The van der Waals surface area contributed by atoms with Crippen LogP contribution in [0.25, 0.3) is 0 Å². The first kappa shape index (κ1) is 16.8. The van der Waals surface area contributed by atoms with Gasteiger partial charge in [-0.2, -0.15) is 0 Å². The molecular formula is C19H27N3O2. The summed E-state index contributed by atoms with van der Waals surface area (Å²) < 4.78 is 0. The molecule has 3 amide bonds. The van der Waals surface area contributed by atoms with Crippen LogP contribution in [0.5, 0.6) is 0 Å². The van der Waals surface area contributed by atoms with E-state index in [0.29, 0.717) is 13.1 Å². The Kier molecular flexibility index (Phi) is 5.38. The molecule has 0 aromatic heterocycles. The molecule has 2 fully saturated rings. The Labute approximate surface area is 144 Å². The monoisotopic (exact) mass is 329 g/mol. The second kappa shape index (κ2) is 7.69. The van der Waals surface area contributed by atoms with Gasteiger partial charge in [0.15, 0.2) is 0 Å². The van der Waals surface area contributed by atoms with Crippen molar-refractivity contribution in [1.82, 2.24) is 15.1 Å². The van der Waals surface area contributed by atoms with Crippen molar-refractivity contribution >= 4 is 11.9 Å². The first-order valence-electron chi connectivity index (χ1n) is 9.00. The molecule has 0 aliphatic carbocycles. The number of likely N-dealkylation sites (tertiary alicyclic amines) is 2. The number of rotatable bonds is 3. The molecule has 0 radical (unpaired) electrons. The summed E-state index contributed by atoms with van der Waals surface area (Å²) in [5.74, 6) is -0.0229. The van der Waals surface area contributed by atoms with Crippen molar-refractivity contribution in [2.24, 2.45) is 5.92 Å². The quantitative estimate of drug-likeness (QED) is 0.926. The third-order valence-electron chi connectivity index (χ3n) is 5.03. The van der Waals surface area contributed by atoms with Crippen LogP contribution in [-0.4, -0.2) is 47.9 Å². The fourth-order valence-electron chi connectivity index (χ4n) is 3.51. The minimum Gasteiger partial charge on any atom is -0.352 e. The van der Waals surface area contributed by atoms with E-state index >= 15 is 0 Å². The fraction of sp³-hybridized carbons (Fsp3) is 0.579. The molecule has 0 saturated carbocycles. The van der Waals surface area contributed by atoms with E-state index in [4.69, 9.17) is 0 Å². The van der Waals surface area contributed by atoms with E-state index in [1.165, 1.54) is 5.56 Å². The molecule has 0 unspecified atom stereocenters. The number of hydrogen-bond donors (Lipinski definition) is 1. The van der Waals surface area contributed by atoms with Crippen molar-refractivity contribution in [2.45, 2.75) is 39.2 Å². The molecule has 24 heavy (non-hydrogen) atoms. The number of hydrogen-bond acceptors (Lipinski definition) is 2. The average molecular weight is 329 g/mol. The standard InChI is InChI=1S/C19H27N3O2/c1-15-6-8-16(9-7-15)13-20-18(23)17-5-4-12-22(14-17)19(24)21-10-2-3-11-21/h6-9,17H,2-5,10-14H2,1H3,(H,20,23)/t17-/m1/s1. The molecular weight excluding hydrogens is 302 g/mol. The van der Waals surface area contributed by atoms with Gasteiger partial charge in [-0.1, -0.05) is 29.8 Å². The molecule has 1 aromatic carbocycles. The van der Waals surface area contributed by atoms with Gasteiger partial charge in [0.25, 0.3) is 0 Å². The Bertz CT molecular complexity index is 579. The lowest BCUT2D eigenvalue weighted by atomic mass is 9.97. The highest BCUT2D eigenvalue weighted by atomic mass is 16.2. The van der Waals surface area contributed by atoms with Gasteiger partial charge in [0.1, 0.15) is 0 Å². The highest BCUT2D eigenvalue weighted by Gasteiger charge is 2.31. The van der Waals surface area contributed by atoms with Crippen molar-refractivity contribution < 1.29 is 9.59 Å². The molecule has 0 spiro atoms. The molecule has 1 N–H and O–H groups in total. The maximum Gasteiger partial charge on any atom is 0.320 e. The summed E-state index contributed by atoms with van der Waals surface area (Å²) in [6.45, 7) is 5.65. The topological polar surface area (TPSA) is 52.7 Å². The SMILES string of the molecule is Cc1ccc(CNC(=O)[C@@H]2CCCN(C(=O)N3CCCC3)C2)cc1. The predicted octanol–water partition coefficient (Wildman–Crippen LogP) is 2.54. The van der Waals surface area contributed by atoms with E-state index in [0.717, 1.165) is 50.9 Å². The van der Waals surface area contributed by atoms with E-state index in [-0.39, 0.29) is 17.9 Å². The van der Waals surface area contributed by atoms with E-state index in [2.05, 4.69) is 24.4 Å². The third-order valence-corrected chi connectivity index (χ3v) is 5.03. The molecule has 2 saturated heterocycles. The van der Waals surface area contributed by atoms with Crippen LogP contribution in [0.2, 0.25) is 0 Å². The van der Waals surface area contributed by atoms with Gasteiger partial charge < -0.3 is 15.1 Å². The van der Waals surface area contributed by atoms with Crippen LogP contribution in [0.1, 0.15) is 36.8 Å². The Morgan fingerprint density at radius 3 is 2.42 bits per heavy atom. The zero-order valence-electron chi connectivity index (χ0n) is 14.5. The molecule has 5 nitrogen and oxygen atoms in total. The Balaban J connectivity index is 1.51. The normalized spacial score (nSPS) is 21.0. The molecule has 0 bridgehead atoms. The number of piperidine rings is 1. The number of nitrogens with one attached hydrogen (secondary N) is 1. The lowest BCUT2D eigenvalue weighted by Crippen LogP contribution is -2.49. The van der Waals surface area contributed by atoms with Crippen molar-refractivity contribution in [3.8, 4) is 0 Å². The lowest BCUT2D eigenvalue weighted by Gasteiger charge is -2.34. The van der Waals surface area contributed by atoms with E-state index in [1.54, 1.807) is 0 Å². The van der Waals surface area contributed by atoms with Crippen LogP contribution >= 0.6 is 0 Å². The van der Waals surface area contributed by atoms with Gasteiger partial charge in [-0.15, -0.1) is 0 Å². The zero-order valence-corrected chi connectivity index (χ0v) is 14.5. The molecule has 2 heterocycles. The van der Waals surface area contributed by atoms with Crippen LogP contribution < -0.4 is 5.32 Å². The Morgan fingerprint density at radius 1 is 1.04 bits per heavy atom. The Morgan fingerprint density at radius 2 is 1.71 bits per heavy atom. The molecule has 1 aromatic rings. The predicted molar refractivity (Wildman–Crippen MR) is 93.5 cm³/mol. The summed E-state index contributed by atoms with van der Waals surface area (Å²) in [5.41, 5.74) is 2.32. The van der Waals surface area contributed by atoms with Crippen molar-refractivity contribution in [3.63, 3.8) is 0 Å². The van der Waals surface area contributed by atoms with Gasteiger partial charge in [0.05, 0.1) is 5.92 Å². The molecule has 2 aliphatic heterocycles. The minimum absolute atomic E-state index is 0.0643. The van der Waals surface area contributed by atoms with Crippen LogP contribution in [0.3, 0.4) is 0 Å². The van der Waals surface area contributed by atoms with Gasteiger partial charge in [0.2, 0.25) is 5.91 Å². The van der Waals surface area contributed by atoms with Crippen LogP contribution in [0, 0.1) is 12.8 Å². The van der Waals surface area contributed by atoms with Crippen molar-refractivity contribution in [3.05, 3.63) is 35.4 Å². The van der Waals surface area contributed by atoms with Crippen LogP contribution in [0.4, 0.5) is 4.79 Å². The molecule has 3 rings (SSSR count). The first-order valence-corrected chi connectivity index (χ1v) is 9.00. The van der Waals surface area contributed by atoms with Gasteiger partial charge >= 0.3 is 6.03 Å². The molecule has 2 aliphatic rings. The maximum absolute atomic E-state index is 12.5. The summed E-state index contributed by atoms with van der Waals surface area (Å²) in [4.78, 5) is 28.8. The molecule has 1 atom stereocenters. The number of amides is 3. The van der Waals surface area contributed by atoms with Gasteiger partial charge in [0, 0.05) is 32.7 Å². The third kappa shape index (κ3) is 4.08. The smallest absolute Gasteiger partial charge is 0.320 e. The summed E-state index contributed by atoms with van der Waals surface area (Å²) >= 11 is 0. The molecule has 130 valence electrons. The number of aryl methyl sites for hydroxylation is 1. The van der Waals surface area contributed by atoms with E-state index in [1.807, 2.05) is 21.9 Å². The van der Waals surface area contributed by atoms with Gasteiger partial charge in [-0.3, -0.25) is 4.79 Å². The summed E-state index contributed by atoms with van der Waals surface area (Å²) in [6, 6.07) is 8.31. The summed E-state index contributed by atoms with van der Waals surface area (Å²) in [6.07, 6.45) is 3.96. The van der Waals surface area contributed by atoms with Crippen LogP contribution in [-0.2, 0) is 11.3 Å². The second-order valence-corrected chi connectivity index (χ2v) is 6.97. The fourth-order valence-corrected chi connectivity index (χ4v) is 3.51. The minimum atomic E-state index is -0.0873. The van der Waals surface area contributed by atoms with Gasteiger partial charge in [-0.05, 0) is 38.2 Å². The summed E-state index contributed by atoms with van der Waals surface area (Å²) in [7, 11) is 0. The summed E-state index contributed by atoms with van der Waals surface area (Å²) in [5, 5.41) is 3.03. The number of urea groups is 1. The highest BCUT2D eigenvalue weighted by Crippen LogP contribution is 2.20. The van der Waals surface area contributed by atoms with Crippen LogP contribution in [0.15, 0.2) is 24.3 Å². The van der Waals surface area contributed by atoms with Gasteiger partial charge in [-0.25, -0.2) is 4.79 Å². The number of benzene rings is 1. The second-order valence-electron chi connectivity index (χ2n) is 6.97. The largest absolute Gasteiger partial charge is 0.352 e. The zero-order chi connectivity index (χ0) is 16.9. The number of carbonyl (C=O) groups excluding carboxylic acids is 2. The highest BCUT2D eigenvalue weighted by molar-refractivity contribution is 5.81. The van der Waals surface area contributed by atoms with Crippen molar-refractivity contribution in [2.75, 3.05) is 26.2 Å². The number of nitrogens with zero attached hydrogens (tertiary/aromatic N) is 2. The lowest BCUT2D eigenvalue weighted by molar-refractivity contribution is -0.126. The number of carbonyl (C=O) groups is 2. The maximum atomic E-state index is 12.5. The van der Waals surface area contributed by atoms with E-state index < -0.39 is 0 Å². The van der Waals surface area contributed by atoms with Crippen molar-refractivity contribution in [1.29, 1.82) is 0 Å². The Hall–Kier alpha value is -2.04.